The van der Waals surface area contributed by atoms with E-state index in [9.17, 15) is 35.1 Å². The third kappa shape index (κ3) is 12.5. The largest absolute Gasteiger partial charge is 0.459 e. The van der Waals surface area contributed by atoms with Crippen LogP contribution in [-0.2, 0) is 46.2 Å². The molecule has 4 aliphatic rings. The number of aliphatic hydroxyl groups is 5. The number of ether oxygens (including phenoxy) is 6. The van der Waals surface area contributed by atoms with Crippen molar-refractivity contribution in [1.82, 2.24) is 24.8 Å². The number of benzene rings is 2. The molecule has 3 aromatic rings. The predicted octanol–water partition coefficient (Wildman–Crippen LogP) is 4.11. The molecule has 7 rings (SSSR count). The lowest BCUT2D eigenvalue weighted by Crippen LogP contribution is -2.61. The molecule has 1 aromatic heterocycles. The van der Waals surface area contributed by atoms with E-state index in [1.54, 1.807) is 70.5 Å². The zero-order valence-electron chi connectivity index (χ0n) is 46.2. The quantitative estimate of drug-likeness (QED) is 0.109. The molecule has 1 aliphatic carbocycles. The molecule has 18 atom stereocenters. The van der Waals surface area contributed by atoms with Crippen LogP contribution in [0.5, 0.6) is 0 Å². The van der Waals surface area contributed by atoms with E-state index >= 15 is 0 Å². The summed E-state index contributed by atoms with van der Waals surface area (Å²) in [6.45, 7) is 18.8. The molecule has 3 fully saturated rings. The molecule has 0 radical (unpaired) electrons. The number of likely N-dealkylation sites (N-methyl/N-ethyl adjacent to an activating group) is 2. The molecule has 2 aromatic carbocycles. The van der Waals surface area contributed by atoms with Gasteiger partial charge in [0.2, 0.25) is 0 Å². The molecule has 3 aliphatic heterocycles. The Morgan fingerprint density at radius 2 is 1.59 bits per heavy atom. The smallest absolute Gasteiger partial charge is 0.311 e. The molecule has 6 N–H and O–H groups in total. The average molecular weight is 1050 g/mol. The number of hydrogen-bond donors (Lipinski definition) is 6. The fourth-order valence-corrected chi connectivity index (χ4v) is 12.1. The van der Waals surface area contributed by atoms with Gasteiger partial charge < -0.3 is 63.8 Å². The summed E-state index contributed by atoms with van der Waals surface area (Å²) < 4.78 is 40.1. The van der Waals surface area contributed by atoms with E-state index in [4.69, 9.17) is 33.8 Å². The van der Waals surface area contributed by atoms with Crippen LogP contribution in [0.1, 0.15) is 133 Å². The van der Waals surface area contributed by atoms with Crippen molar-refractivity contribution in [3.63, 3.8) is 0 Å². The lowest BCUT2D eigenvalue weighted by molar-refractivity contribution is -0.318. The van der Waals surface area contributed by atoms with Crippen molar-refractivity contribution in [2.45, 2.75) is 198 Å². The lowest BCUT2D eigenvalue weighted by atomic mass is 9.77. The van der Waals surface area contributed by atoms with Gasteiger partial charge in [0.15, 0.2) is 18.4 Å². The summed E-state index contributed by atoms with van der Waals surface area (Å²) in [7, 11) is 5.25. The van der Waals surface area contributed by atoms with E-state index in [2.05, 4.69) is 10.3 Å². The van der Waals surface area contributed by atoms with Crippen LogP contribution in [0.25, 0.3) is 0 Å². The summed E-state index contributed by atoms with van der Waals surface area (Å²) in [6, 6.07) is 11.7. The number of fused-ring (bicyclic) bond motifs is 2. The van der Waals surface area contributed by atoms with Crippen molar-refractivity contribution in [2.24, 2.45) is 17.8 Å². The van der Waals surface area contributed by atoms with Gasteiger partial charge in [0.25, 0.3) is 0 Å². The van der Waals surface area contributed by atoms with Gasteiger partial charge in [-0.25, -0.2) is 4.68 Å². The molecule has 4 heterocycles. The molecular formula is C56H84N6O13. The van der Waals surface area contributed by atoms with Gasteiger partial charge in [-0.05, 0) is 99.4 Å². The third-order valence-corrected chi connectivity index (χ3v) is 16.8. The predicted molar refractivity (Wildman–Crippen MR) is 278 cm³/mol. The van der Waals surface area contributed by atoms with Crippen LogP contribution < -0.4 is 0 Å². The topological polar surface area (TPSA) is 252 Å². The number of aliphatic hydroxyl groups excluding tert-OH is 3. The van der Waals surface area contributed by atoms with E-state index in [0.29, 0.717) is 60.4 Å². The Balaban J connectivity index is 1.12. The molecule has 0 spiro atoms. The van der Waals surface area contributed by atoms with Crippen LogP contribution in [0.4, 0.5) is 0 Å². The van der Waals surface area contributed by atoms with Gasteiger partial charge in [0, 0.05) is 79.5 Å². The molecule has 75 heavy (non-hydrogen) atoms. The highest BCUT2D eigenvalue weighted by Crippen LogP contribution is 2.40. The molecule has 0 amide bonds. The van der Waals surface area contributed by atoms with E-state index < -0.39 is 102 Å². The standard InChI is InChI=1S/C56H84N6O13/c1-14-43-56(10,69)49(65)34(6)61(12)27-30(2)25-54(8,68)51(32(4)48(33(5)52(67)73-43)74-44-26-55(9,70-13)50(66)35(7)72-44)75-53-47(64)42(23-31(3)71-53)60(11)22-21-37-29-62(59-58-37)28-36-19-20-40-41(24-36)45(57)38-17-15-16-18-39(38)46(40)63/h15-20,24,29-35,42-44,47-51,53,57,64-66,68-69H,14,21-23,25-28H2,1-13H3/t30-,31-,32+,33-,34-,35+,42+,43-,44+,47-,48+,49-,50+,51-,53+,54-,55-,56-/m1/s1. The van der Waals surface area contributed by atoms with Gasteiger partial charge >= 0.3 is 5.97 Å². The molecular weight excluding hydrogens is 965 g/mol. The number of nitrogens with one attached hydrogen (secondary N) is 1. The first-order valence-electron chi connectivity index (χ1n) is 26.7. The molecule has 19 nitrogen and oxygen atoms in total. The van der Waals surface area contributed by atoms with Crippen molar-refractivity contribution < 1.29 is 63.5 Å². The summed E-state index contributed by atoms with van der Waals surface area (Å²) in [5, 5.41) is 77.5. The second-order valence-corrected chi connectivity index (χ2v) is 23.0. The van der Waals surface area contributed by atoms with Gasteiger partial charge in [-0.15, -0.1) is 5.10 Å². The summed E-state index contributed by atoms with van der Waals surface area (Å²) in [5.41, 5.74) is -0.432. The highest BCUT2D eigenvalue weighted by molar-refractivity contribution is 6.29. The number of ketones is 1. The van der Waals surface area contributed by atoms with Crippen LogP contribution in [0.2, 0.25) is 0 Å². The molecule has 0 bridgehead atoms. The zero-order valence-corrected chi connectivity index (χ0v) is 46.2. The van der Waals surface area contributed by atoms with Gasteiger partial charge in [0.05, 0.1) is 59.5 Å². The number of hydrogen-bond acceptors (Lipinski definition) is 18. The Labute approximate surface area is 442 Å². The zero-order chi connectivity index (χ0) is 55.1. The highest BCUT2D eigenvalue weighted by atomic mass is 16.7. The summed E-state index contributed by atoms with van der Waals surface area (Å²) in [6.07, 6.45) is -6.91. The maximum absolute atomic E-state index is 14.5. The third-order valence-electron chi connectivity index (χ3n) is 16.8. The Bertz CT molecular complexity index is 2470. The first kappa shape index (κ1) is 58.6. The van der Waals surface area contributed by atoms with Gasteiger partial charge in [0.1, 0.15) is 30.0 Å². The van der Waals surface area contributed by atoms with Crippen LogP contribution in [0.3, 0.4) is 0 Å². The Kier molecular flexibility index (Phi) is 18.3. The van der Waals surface area contributed by atoms with E-state index in [1.807, 2.05) is 69.1 Å². The van der Waals surface area contributed by atoms with Gasteiger partial charge in [-0.1, -0.05) is 62.4 Å². The fraction of sp³-hybridized carbons (Fsp3) is 0.696. The molecule has 0 unspecified atom stereocenters. The van der Waals surface area contributed by atoms with Crippen molar-refractivity contribution in [2.75, 3.05) is 34.3 Å². The number of rotatable bonds is 12. The Morgan fingerprint density at radius 1 is 0.907 bits per heavy atom. The minimum absolute atomic E-state index is 0.0912. The first-order valence-corrected chi connectivity index (χ1v) is 26.7. The maximum atomic E-state index is 14.5. The van der Waals surface area contributed by atoms with Gasteiger partial charge in [-0.3, -0.25) is 15.0 Å². The number of nitrogens with zero attached hydrogens (tertiary/aromatic N) is 5. The second kappa shape index (κ2) is 23.5. The highest BCUT2D eigenvalue weighted by Gasteiger charge is 2.53. The second-order valence-electron chi connectivity index (χ2n) is 23.0. The minimum atomic E-state index is -1.85. The molecule has 3 saturated heterocycles. The number of esters is 1. The van der Waals surface area contributed by atoms with E-state index in [0.717, 1.165) is 11.3 Å². The molecule has 19 heteroatoms. The fourth-order valence-electron chi connectivity index (χ4n) is 12.1. The Hall–Kier alpha value is -4.09. The normalized spacial score (nSPS) is 38.6. The average Bonchev–Trinajstić information content (AvgIpc) is 3.82. The number of methoxy groups -OCH3 is 1. The lowest BCUT2D eigenvalue weighted by Gasteiger charge is -2.49. The summed E-state index contributed by atoms with van der Waals surface area (Å²) >= 11 is 0. The number of aromatic nitrogens is 3. The van der Waals surface area contributed by atoms with Crippen LogP contribution in [0, 0.1) is 23.2 Å². The van der Waals surface area contributed by atoms with E-state index in [1.165, 1.54) is 14.0 Å². The number of cyclic esters (lactones) is 1. The van der Waals surface area contributed by atoms with Crippen LogP contribution in [-0.4, -0.2) is 192 Å². The SMILES string of the molecule is CC[C@H]1OC(=O)[C@H](C)[C@@H](O[C@H]2C[C@@](C)(OC)[C@@H](O)[C@H](C)O2)[C@H](C)[C@@H](O[C@@H]2O[C@H](C)C[C@H](N(C)CCc3cn(Cc4ccc5c(c4)C(=N)c4ccccc4C5=O)nn3)[C@H]2O)[C@](C)(O)C[C@@H](C)CN(C)[C@H](C)[C@@H](O)[C@]1(C)O. The monoisotopic (exact) mass is 1050 g/mol. The molecule has 416 valence electrons. The first-order chi connectivity index (χ1) is 35.2. The van der Waals surface area contributed by atoms with Crippen LogP contribution >= 0.6 is 0 Å². The Morgan fingerprint density at radius 3 is 2.27 bits per heavy atom. The van der Waals surface area contributed by atoms with Crippen LogP contribution in [0.15, 0.2) is 48.7 Å². The minimum Gasteiger partial charge on any atom is -0.459 e. The van der Waals surface area contributed by atoms with Crippen molar-refractivity contribution in [3.8, 4) is 0 Å². The van der Waals surface area contributed by atoms with Crippen molar-refractivity contribution in [1.29, 1.82) is 5.41 Å². The molecule has 0 saturated carbocycles. The van der Waals surface area contributed by atoms with Gasteiger partial charge in [-0.2, -0.15) is 0 Å². The van der Waals surface area contributed by atoms with Crippen molar-refractivity contribution in [3.05, 3.63) is 82.2 Å². The maximum Gasteiger partial charge on any atom is 0.311 e. The summed E-state index contributed by atoms with van der Waals surface area (Å²) in [5.74, 6) is -2.93. The summed E-state index contributed by atoms with van der Waals surface area (Å²) in [4.78, 5) is 31.7. The van der Waals surface area contributed by atoms with E-state index in [-0.39, 0.29) is 37.1 Å². The number of carbonyl (C=O) groups is 2. The number of carbonyl (C=O) groups excluding carboxylic acids is 2. The van der Waals surface area contributed by atoms with Crippen molar-refractivity contribution >= 4 is 17.5 Å².